The molecule has 4 bridgehead atoms. The summed E-state index contributed by atoms with van der Waals surface area (Å²) >= 11 is 1.39. The fraction of sp³-hybridized carbons (Fsp3) is 0.565. The van der Waals surface area contributed by atoms with Crippen LogP contribution in [-0.4, -0.2) is 33.7 Å². The van der Waals surface area contributed by atoms with Gasteiger partial charge in [-0.2, -0.15) is 0 Å². The highest BCUT2D eigenvalue weighted by Crippen LogP contribution is 2.57. The number of aliphatic imine (C=N–C) groups is 1. The van der Waals surface area contributed by atoms with Crippen LogP contribution in [0.4, 0.5) is 5.69 Å². The molecular formula is C23H27N3O4S. The third-order valence-electron chi connectivity index (χ3n) is 6.89. The number of hydrogen-bond acceptors (Lipinski definition) is 6. The van der Waals surface area contributed by atoms with E-state index >= 15 is 0 Å². The maximum Gasteiger partial charge on any atom is 0.308 e. The molecule has 1 atom stereocenters. The molecule has 0 radical (unpaired) electrons. The number of rotatable bonds is 5. The van der Waals surface area contributed by atoms with Crippen molar-refractivity contribution in [1.82, 2.24) is 5.32 Å². The number of ether oxygens (including phenoxy) is 1. The molecule has 1 heterocycles. The maximum absolute atomic E-state index is 12.5. The Morgan fingerprint density at radius 2 is 1.74 bits per heavy atom. The first kappa shape index (κ1) is 20.5. The van der Waals surface area contributed by atoms with Crippen molar-refractivity contribution in [3.05, 3.63) is 24.3 Å². The molecule has 2 amide bonds. The fourth-order valence-electron chi connectivity index (χ4n) is 6.16. The average molecular weight is 442 g/mol. The van der Waals surface area contributed by atoms with Gasteiger partial charge in [0.2, 0.25) is 11.8 Å². The number of esters is 1. The summed E-state index contributed by atoms with van der Waals surface area (Å²) < 4.78 is 4.99. The third kappa shape index (κ3) is 4.49. The molecule has 4 aliphatic carbocycles. The van der Waals surface area contributed by atoms with Gasteiger partial charge in [0.15, 0.2) is 5.17 Å². The van der Waals surface area contributed by atoms with Crippen molar-refractivity contribution in [3.63, 3.8) is 0 Å². The van der Waals surface area contributed by atoms with E-state index in [4.69, 9.17) is 9.73 Å². The number of nitrogens with zero attached hydrogens (tertiary/aromatic N) is 1. The largest absolute Gasteiger partial charge is 0.427 e. The number of hydrogen-bond donors (Lipinski definition) is 2. The number of benzene rings is 1. The highest BCUT2D eigenvalue weighted by molar-refractivity contribution is 8.15. The molecule has 1 aromatic rings. The molecule has 2 N–H and O–H groups in total. The standard InChI is InChI=1S/C23H27N3O4S/c1-13(27)30-18-4-2-17(3-5-18)24-20(28)9-19-21(29)25-22(31-19)26-23-10-14-6-15(11-23)8-16(7-14)12-23/h2-5,14-16,19H,6-12H2,1H3,(H,24,28)(H,25,26,29). The molecule has 6 rings (SSSR count). The second-order valence-electron chi connectivity index (χ2n) is 9.52. The van der Waals surface area contributed by atoms with Crippen molar-refractivity contribution >= 4 is 40.4 Å². The SMILES string of the molecule is CC(=O)Oc1ccc(NC(=O)CC2SC(=NC34CC5CC(CC(C5)C3)C4)NC2=O)cc1. The van der Waals surface area contributed by atoms with Crippen LogP contribution in [0.25, 0.3) is 0 Å². The highest BCUT2D eigenvalue weighted by Gasteiger charge is 2.51. The summed E-state index contributed by atoms with van der Waals surface area (Å²) in [5.41, 5.74) is 0.595. The number of anilines is 1. The van der Waals surface area contributed by atoms with E-state index in [1.807, 2.05) is 0 Å². The second kappa shape index (κ2) is 7.97. The van der Waals surface area contributed by atoms with Gasteiger partial charge in [-0.3, -0.25) is 19.4 Å². The number of nitrogens with one attached hydrogen (secondary N) is 2. The highest BCUT2D eigenvalue weighted by atomic mass is 32.2. The number of carbonyl (C=O) groups excluding carboxylic acids is 3. The number of carbonyl (C=O) groups is 3. The summed E-state index contributed by atoms with van der Waals surface area (Å²) in [6.45, 7) is 1.33. The molecule has 1 aromatic carbocycles. The summed E-state index contributed by atoms with van der Waals surface area (Å²) in [5.74, 6) is 2.04. The first-order valence-corrected chi connectivity index (χ1v) is 11.9. The Bertz CT molecular complexity index is 907. The Balaban J connectivity index is 1.18. The predicted molar refractivity (Wildman–Crippen MR) is 119 cm³/mol. The maximum atomic E-state index is 12.5. The first-order valence-electron chi connectivity index (χ1n) is 11.0. The van der Waals surface area contributed by atoms with Crippen LogP contribution in [0.15, 0.2) is 29.3 Å². The molecule has 4 saturated carbocycles. The molecule has 5 aliphatic rings. The summed E-state index contributed by atoms with van der Waals surface area (Å²) in [4.78, 5) is 41.0. The average Bonchev–Trinajstić information content (AvgIpc) is 2.99. The summed E-state index contributed by atoms with van der Waals surface area (Å²) in [5, 5.41) is 5.94. The molecule has 8 heteroatoms. The topological polar surface area (TPSA) is 96.9 Å². The minimum absolute atomic E-state index is 0.00516. The van der Waals surface area contributed by atoms with Crippen molar-refractivity contribution in [2.24, 2.45) is 22.7 Å². The van der Waals surface area contributed by atoms with Crippen LogP contribution in [0.3, 0.4) is 0 Å². The van der Waals surface area contributed by atoms with Crippen molar-refractivity contribution in [2.45, 2.75) is 62.7 Å². The van der Waals surface area contributed by atoms with E-state index in [1.165, 1.54) is 37.9 Å². The van der Waals surface area contributed by atoms with Gasteiger partial charge in [-0.25, -0.2) is 0 Å². The lowest BCUT2D eigenvalue weighted by molar-refractivity contribution is -0.131. The Kier molecular flexibility index (Phi) is 5.28. The predicted octanol–water partition coefficient (Wildman–Crippen LogP) is 3.50. The molecule has 0 spiro atoms. The quantitative estimate of drug-likeness (QED) is 0.539. The normalized spacial score (nSPS) is 34.6. The lowest BCUT2D eigenvalue weighted by Gasteiger charge is -2.55. The first-order chi connectivity index (χ1) is 14.9. The van der Waals surface area contributed by atoms with Crippen LogP contribution in [-0.2, 0) is 14.4 Å². The van der Waals surface area contributed by atoms with Gasteiger partial charge in [-0.05, 0) is 80.5 Å². The summed E-state index contributed by atoms with van der Waals surface area (Å²) in [7, 11) is 0. The van der Waals surface area contributed by atoms with E-state index in [9.17, 15) is 14.4 Å². The van der Waals surface area contributed by atoms with E-state index in [2.05, 4.69) is 10.6 Å². The van der Waals surface area contributed by atoms with Crippen molar-refractivity contribution < 1.29 is 19.1 Å². The van der Waals surface area contributed by atoms with Gasteiger partial charge in [-0.1, -0.05) is 11.8 Å². The molecule has 1 aliphatic heterocycles. The van der Waals surface area contributed by atoms with Crippen molar-refractivity contribution in [1.29, 1.82) is 0 Å². The lowest BCUT2D eigenvalue weighted by atomic mass is 9.53. The van der Waals surface area contributed by atoms with Crippen LogP contribution < -0.4 is 15.4 Å². The van der Waals surface area contributed by atoms with Gasteiger partial charge in [-0.15, -0.1) is 0 Å². The van der Waals surface area contributed by atoms with Crippen LogP contribution in [0.1, 0.15) is 51.9 Å². The Hall–Kier alpha value is -2.35. The molecule has 31 heavy (non-hydrogen) atoms. The monoisotopic (exact) mass is 441 g/mol. The van der Waals surface area contributed by atoms with E-state index in [0.717, 1.165) is 37.0 Å². The van der Waals surface area contributed by atoms with E-state index in [-0.39, 0.29) is 23.8 Å². The van der Waals surface area contributed by atoms with Gasteiger partial charge in [0.25, 0.3) is 0 Å². The van der Waals surface area contributed by atoms with Crippen molar-refractivity contribution in [3.8, 4) is 5.75 Å². The molecule has 1 unspecified atom stereocenters. The number of thioether (sulfide) groups is 1. The fourth-order valence-corrected chi connectivity index (χ4v) is 7.24. The number of amidine groups is 1. The molecule has 7 nitrogen and oxygen atoms in total. The van der Waals surface area contributed by atoms with E-state index in [1.54, 1.807) is 24.3 Å². The number of amides is 2. The molecule has 0 aromatic heterocycles. The molecule has 5 fully saturated rings. The van der Waals surface area contributed by atoms with Crippen LogP contribution >= 0.6 is 11.8 Å². The van der Waals surface area contributed by atoms with Gasteiger partial charge < -0.3 is 15.4 Å². The van der Waals surface area contributed by atoms with Gasteiger partial charge in [0.05, 0.1) is 5.54 Å². The smallest absolute Gasteiger partial charge is 0.308 e. The minimum atomic E-state index is -0.465. The van der Waals surface area contributed by atoms with Gasteiger partial charge in [0, 0.05) is 19.0 Å². The van der Waals surface area contributed by atoms with Crippen LogP contribution in [0, 0.1) is 17.8 Å². The van der Waals surface area contributed by atoms with Crippen molar-refractivity contribution in [2.75, 3.05) is 5.32 Å². The van der Waals surface area contributed by atoms with E-state index in [0.29, 0.717) is 16.6 Å². The van der Waals surface area contributed by atoms with Crippen LogP contribution in [0.2, 0.25) is 0 Å². The summed E-state index contributed by atoms with van der Waals surface area (Å²) in [6.07, 6.45) is 7.59. The summed E-state index contributed by atoms with van der Waals surface area (Å²) in [6, 6.07) is 6.56. The van der Waals surface area contributed by atoms with Gasteiger partial charge in [0.1, 0.15) is 11.0 Å². The molecular weight excluding hydrogens is 414 g/mol. The minimum Gasteiger partial charge on any atom is -0.427 e. The zero-order chi connectivity index (χ0) is 21.6. The Morgan fingerprint density at radius 1 is 1.13 bits per heavy atom. The van der Waals surface area contributed by atoms with Crippen LogP contribution in [0.5, 0.6) is 5.75 Å². The van der Waals surface area contributed by atoms with Gasteiger partial charge >= 0.3 is 5.97 Å². The second-order valence-corrected chi connectivity index (χ2v) is 10.7. The Labute approximate surface area is 185 Å². The Morgan fingerprint density at radius 3 is 2.32 bits per heavy atom. The van der Waals surface area contributed by atoms with E-state index < -0.39 is 11.2 Å². The lowest BCUT2D eigenvalue weighted by Crippen LogP contribution is -2.50. The molecule has 164 valence electrons. The zero-order valence-corrected chi connectivity index (χ0v) is 18.4. The third-order valence-corrected chi connectivity index (χ3v) is 7.97. The molecule has 1 saturated heterocycles. The zero-order valence-electron chi connectivity index (χ0n) is 17.6.